The SMILES string of the molecule is O=C(NCC#Cc1cccc(C(F)(F)F)c1)c1ccccc1SCC1CCCO1. The van der Waals surface area contributed by atoms with E-state index < -0.39 is 11.7 Å². The monoisotopic (exact) mass is 419 g/mol. The summed E-state index contributed by atoms with van der Waals surface area (Å²) in [6.07, 6.45) is -2.09. The van der Waals surface area contributed by atoms with Gasteiger partial charge in [0.2, 0.25) is 0 Å². The van der Waals surface area contributed by atoms with Crippen molar-refractivity contribution in [2.24, 2.45) is 0 Å². The van der Waals surface area contributed by atoms with Crippen molar-refractivity contribution >= 4 is 17.7 Å². The van der Waals surface area contributed by atoms with E-state index in [0.29, 0.717) is 5.56 Å². The first-order chi connectivity index (χ1) is 13.9. The number of carbonyl (C=O) groups is 1. The second-order valence-electron chi connectivity index (χ2n) is 6.51. The number of ether oxygens (including phenoxy) is 1. The number of halogens is 3. The maximum atomic E-state index is 12.7. The summed E-state index contributed by atoms with van der Waals surface area (Å²) in [4.78, 5) is 13.4. The average molecular weight is 419 g/mol. The Morgan fingerprint density at radius 2 is 2.03 bits per heavy atom. The van der Waals surface area contributed by atoms with E-state index in [1.165, 1.54) is 12.1 Å². The van der Waals surface area contributed by atoms with Gasteiger partial charge in [0.1, 0.15) is 0 Å². The van der Waals surface area contributed by atoms with Crippen molar-refractivity contribution in [1.29, 1.82) is 0 Å². The van der Waals surface area contributed by atoms with E-state index >= 15 is 0 Å². The molecule has 1 heterocycles. The zero-order chi connectivity index (χ0) is 20.7. The average Bonchev–Trinajstić information content (AvgIpc) is 3.23. The first kappa shape index (κ1) is 21.3. The quantitative estimate of drug-likeness (QED) is 0.561. The predicted octanol–water partition coefficient (Wildman–Crippen LogP) is 4.76. The van der Waals surface area contributed by atoms with Crippen LogP contribution in [-0.4, -0.2) is 30.9 Å². The van der Waals surface area contributed by atoms with Gasteiger partial charge in [-0.05, 0) is 43.2 Å². The molecule has 1 saturated heterocycles. The van der Waals surface area contributed by atoms with E-state index in [2.05, 4.69) is 17.2 Å². The molecule has 2 aromatic carbocycles. The number of hydrogen-bond donors (Lipinski definition) is 1. The van der Waals surface area contributed by atoms with Gasteiger partial charge in [-0.25, -0.2) is 0 Å². The third-order valence-corrected chi connectivity index (χ3v) is 5.55. The molecule has 1 aliphatic heterocycles. The fourth-order valence-corrected chi connectivity index (χ4v) is 4.00. The van der Waals surface area contributed by atoms with E-state index in [-0.39, 0.29) is 24.1 Å². The predicted molar refractivity (Wildman–Crippen MR) is 107 cm³/mol. The van der Waals surface area contributed by atoms with Crippen LogP contribution >= 0.6 is 11.8 Å². The molecule has 1 aliphatic rings. The molecule has 1 atom stereocenters. The van der Waals surface area contributed by atoms with Gasteiger partial charge in [-0.3, -0.25) is 4.79 Å². The van der Waals surface area contributed by atoms with Gasteiger partial charge in [-0.15, -0.1) is 11.8 Å². The fourth-order valence-electron chi connectivity index (χ4n) is 2.88. The molecule has 152 valence electrons. The van der Waals surface area contributed by atoms with Gasteiger partial charge in [-0.1, -0.05) is 30.0 Å². The number of nitrogens with one attached hydrogen (secondary N) is 1. The van der Waals surface area contributed by atoms with Crippen LogP contribution in [0, 0.1) is 11.8 Å². The smallest absolute Gasteiger partial charge is 0.377 e. The van der Waals surface area contributed by atoms with Crippen molar-refractivity contribution in [1.82, 2.24) is 5.32 Å². The normalized spacial score (nSPS) is 16.2. The van der Waals surface area contributed by atoms with Gasteiger partial charge < -0.3 is 10.1 Å². The third-order valence-electron chi connectivity index (χ3n) is 4.34. The van der Waals surface area contributed by atoms with Crippen LogP contribution in [0.25, 0.3) is 0 Å². The summed E-state index contributed by atoms with van der Waals surface area (Å²) in [5, 5.41) is 2.70. The minimum absolute atomic E-state index is 0.0415. The number of carbonyl (C=O) groups excluding carboxylic acids is 1. The lowest BCUT2D eigenvalue weighted by Crippen LogP contribution is -2.24. The Morgan fingerprint density at radius 1 is 1.21 bits per heavy atom. The van der Waals surface area contributed by atoms with Crippen LogP contribution in [0.5, 0.6) is 0 Å². The number of hydrogen-bond acceptors (Lipinski definition) is 3. The van der Waals surface area contributed by atoms with Gasteiger partial charge >= 0.3 is 6.18 Å². The molecule has 0 aliphatic carbocycles. The highest BCUT2D eigenvalue weighted by Gasteiger charge is 2.30. The van der Waals surface area contributed by atoms with Crippen molar-refractivity contribution in [2.75, 3.05) is 18.9 Å². The Morgan fingerprint density at radius 3 is 2.79 bits per heavy atom. The molecule has 0 aromatic heterocycles. The zero-order valence-corrected chi connectivity index (χ0v) is 16.4. The van der Waals surface area contributed by atoms with Crippen LogP contribution < -0.4 is 5.32 Å². The van der Waals surface area contributed by atoms with Crippen LogP contribution in [0.1, 0.15) is 34.3 Å². The standard InChI is InChI=1S/C22H20F3NO2S/c23-22(24,25)17-8-3-6-16(14-17)7-4-12-26-21(27)19-10-1-2-11-20(19)29-15-18-9-5-13-28-18/h1-3,6,8,10-11,14,18H,5,9,12-13,15H2,(H,26,27). The van der Waals surface area contributed by atoms with Crippen molar-refractivity contribution in [3.8, 4) is 11.8 Å². The van der Waals surface area contributed by atoms with Crippen molar-refractivity contribution in [3.63, 3.8) is 0 Å². The number of thioether (sulfide) groups is 1. The summed E-state index contributed by atoms with van der Waals surface area (Å²) < 4.78 is 43.8. The van der Waals surface area contributed by atoms with E-state index in [1.807, 2.05) is 12.1 Å². The second kappa shape index (κ2) is 9.86. The lowest BCUT2D eigenvalue weighted by Gasteiger charge is -2.11. The Balaban J connectivity index is 1.57. The first-order valence-electron chi connectivity index (χ1n) is 9.21. The zero-order valence-electron chi connectivity index (χ0n) is 15.6. The number of alkyl halides is 3. The number of benzene rings is 2. The van der Waals surface area contributed by atoms with Gasteiger partial charge in [0.15, 0.2) is 0 Å². The van der Waals surface area contributed by atoms with Gasteiger partial charge in [0, 0.05) is 22.8 Å². The lowest BCUT2D eigenvalue weighted by molar-refractivity contribution is -0.137. The Labute approximate surface area is 172 Å². The first-order valence-corrected chi connectivity index (χ1v) is 10.2. The molecule has 0 bridgehead atoms. The third kappa shape index (κ3) is 6.28. The Bertz CT molecular complexity index is 912. The molecular formula is C22H20F3NO2S. The molecule has 1 amide bonds. The topological polar surface area (TPSA) is 38.3 Å². The van der Waals surface area contributed by atoms with Crippen LogP contribution in [-0.2, 0) is 10.9 Å². The summed E-state index contributed by atoms with van der Waals surface area (Å²) in [6, 6.07) is 12.1. The molecule has 1 fully saturated rings. The molecule has 3 rings (SSSR count). The minimum Gasteiger partial charge on any atom is -0.377 e. The summed E-state index contributed by atoms with van der Waals surface area (Å²) >= 11 is 1.58. The molecule has 0 spiro atoms. The molecular weight excluding hydrogens is 399 g/mol. The summed E-state index contributed by atoms with van der Waals surface area (Å²) in [6.45, 7) is 0.831. The molecule has 2 aromatic rings. The summed E-state index contributed by atoms with van der Waals surface area (Å²) in [7, 11) is 0. The second-order valence-corrected chi connectivity index (χ2v) is 7.57. The fraction of sp³-hybridized carbons (Fsp3) is 0.318. The highest BCUT2D eigenvalue weighted by atomic mass is 32.2. The molecule has 7 heteroatoms. The van der Waals surface area contributed by atoms with E-state index in [9.17, 15) is 18.0 Å². The number of rotatable bonds is 5. The highest BCUT2D eigenvalue weighted by Crippen LogP contribution is 2.29. The highest BCUT2D eigenvalue weighted by molar-refractivity contribution is 7.99. The summed E-state index contributed by atoms with van der Waals surface area (Å²) in [5.74, 6) is 5.88. The van der Waals surface area contributed by atoms with Crippen LogP contribution in [0.3, 0.4) is 0 Å². The maximum Gasteiger partial charge on any atom is 0.416 e. The largest absolute Gasteiger partial charge is 0.416 e. The molecule has 29 heavy (non-hydrogen) atoms. The minimum atomic E-state index is -4.41. The summed E-state index contributed by atoms with van der Waals surface area (Å²) in [5.41, 5.74) is 0.0588. The van der Waals surface area contributed by atoms with Gasteiger partial charge in [0.25, 0.3) is 5.91 Å². The molecule has 0 radical (unpaired) electrons. The molecule has 3 nitrogen and oxygen atoms in total. The molecule has 0 saturated carbocycles. The van der Waals surface area contributed by atoms with Gasteiger partial charge in [0.05, 0.1) is 23.8 Å². The van der Waals surface area contributed by atoms with Crippen LogP contribution in [0.4, 0.5) is 13.2 Å². The number of amides is 1. The maximum absolute atomic E-state index is 12.7. The van der Waals surface area contributed by atoms with E-state index in [1.54, 1.807) is 23.9 Å². The van der Waals surface area contributed by atoms with Crippen LogP contribution in [0.2, 0.25) is 0 Å². The molecule has 1 unspecified atom stereocenters. The molecule has 1 N–H and O–H groups in total. The van der Waals surface area contributed by atoms with Crippen LogP contribution in [0.15, 0.2) is 53.4 Å². The Hall–Kier alpha value is -2.43. The van der Waals surface area contributed by atoms with Gasteiger partial charge in [-0.2, -0.15) is 13.2 Å². The Kier molecular flexibility index (Phi) is 7.24. The van der Waals surface area contributed by atoms with Crippen molar-refractivity contribution in [3.05, 3.63) is 65.2 Å². The van der Waals surface area contributed by atoms with E-state index in [0.717, 1.165) is 42.2 Å². The lowest BCUT2D eigenvalue weighted by atomic mass is 10.1. The van der Waals surface area contributed by atoms with E-state index in [4.69, 9.17) is 4.74 Å². The van der Waals surface area contributed by atoms with Crippen molar-refractivity contribution < 1.29 is 22.7 Å². The van der Waals surface area contributed by atoms with Crippen molar-refractivity contribution in [2.45, 2.75) is 30.0 Å².